The van der Waals surface area contributed by atoms with Gasteiger partial charge < -0.3 is 10.1 Å². The number of hydrogen-bond donors (Lipinski definition) is 2. The van der Waals surface area contributed by atoms with Gasteiger partial charge in [-0.3, -0.25) is 5.43 Å². The fourth-order valence-corrected chi connectivity index (χ4v) is 1.99. The van der Waals surface area contributed by atoms with Crippen molar-refractivity contribution >= 4 is 29.2 Å². The largest absolute Gasteiger partial charge is 0.493 e. The van der Waals surface area contributed by atoms with Crippen molar-refractivity contribution in [2.45, 2.75) is 13.3 Å². The highest BCUT2D eigenvalue weighted by Crippen LogP contribution is 2.16. The molecule has 0 fully saturated rings. The molecule has 23 heavy (non-hydrogen) atoms. The van der Waals surface area contributed by atoms with Crippen molar-refractivity contribution in [2.75, 3.05) is 11.9 Å². The van der Waals surface area contributed by atoms with Crippen LogP contribution in [0.4, 0.5) is 10.1 Å². The third kappa shape index (κ3) is 5.67. The minimum atomic E-state index is -0.330. The molecule has 0 radical (unpaired) electrons. The van der Waals surface area contributed by atoms with E-state index in [0.29, 0.717) is 12.3 Å². The average molecular weight is 331 g/mol. The first-order valence-electron chi connectivity index (χ1n) is 7.26. The molecule has 2 aromatic carbocycles. The minimum Gasteiger partial charge on any atom is -0.493 e. The molecular weight excluding hydrogens is 313 g/mol. The molecule has 0 aromatic heterocycles. The number of anilines is 1. The highest BCUT2D eigenvalue weighted by Gasteiger charge is 2.00. The summed E-state index contributed by atoms with van der Waals surface area (Å²) in [4.78, 5) is 0. The van der Waals surface area contributed by atoms with Crippen LogP contribution < -0.4 is 15.5 Å². The zero-order valence-corrected chi connectivity index (χ0v) is 13.6. The lowest BCUT2D eigenvalue weighted by Gasteiger charge is -2.08. The van der Waals surface area contributed by atoms with Crippen LogP contribution in [0.15, 0.2) is 53.6 Å². The van der Waals surface area contributed by atoms with Crippen LogP contribution in [0.25, 0.3) is 0 Å². The molecular formula is C17H18FN3OS. The molecule has 4 nitrogen and oxygen atoms in total. The van der Waals surface area contributed by atoms with Crippen molar-refractivity contribution < 1.29 is 9.13 Å². The number of hydrazone groups is 1. The Labute approximate surface area is 140 Å². The number of ether oxygens (including phenoxy) is 1. The van der Waals surface area contributed by atoms with Crippen LogP contribution in [-0.4, -0.2) is 17.9 Å². The fraction of sp³-hybridized carbons (Fsp3) is 0.176. The summed E-state index contributed by atoms with van der Waals surface area (Å²) in [6, 6.07) is 13.6. The predicted octanol–water partition coefficient (Wildman–Crippen LogP) is 3.94. The molecule has 0 bridgehead atoms. The average Bonchev–Trinajstić information content (AvgIpc) is 2.54. The standard InChI is InChI=1S/C17H18FN3OS/c1-2-10-22-16-9-4-3-6-13(16)12-19-21-17(23)20-15-8-5-7-14(18)11-15/h3-9,11-12H,2,10H2,1H3,(H2,20,21,23)/b19-12+. The second-order valence-electron chi connectivity index (χ2n) is 4.72. The monoisotopic (exact) mass is 331 g/mol. The molecule has 0 heterocycles. The van der Waals surface area contributed by atoms with Gasteiger partial charge >= 0.3 is 0 Å². The Hall–Kier alpha value is -2.47. The van der Waals surface area contributed by atoms with Crippen molar-refractivity contribution in [3.63, 3.8) is 0 Å². The SMILES string of the molecule is CCCOc1ccccc1/C=N/NC(=S)Nc1cccc(F)c1. The summed E-state index contributed by atoms with van der Waals surface area (Å²) >= 11 is 5.11. The first-order valence-corrected chi connectivity index (χ1v) is 7.67. The summed E-state index contributed by atoms with van der Waals surface area (Å²) in [6.07, 6.45) is 2.57. The quantitative estimate of drug-likeness (QED) is 0.478. The van der Waals surface area contributed by atoms with Crippen LogP contribution >= 0.6 is 12.2 Å². The van der Waals surface area contributed by atoms with Gasteiger partial charge in [0, 0.05) is 11.3 Å². The van der Waals surface area contributed by atoms with E-state index < -0.39 is 0 Å². The molecule has 0 saturated carbocycles. The number of benzene rings is 2. The van der Waals surface area contributed by atoms with Crippen LogP contribution in [0.2, 0.25) is 0 Å². The molecule has 0 spiro atoms. The van der Waals surface area contributed by atoms with Gasteiger partial charge in [-0.1, -0.05) is 25.1 Å². The Morgan fingerprint density at radius 2 is 2.09 bits per heavy atom. The third-order valence-electron chi connectivity index (χ3n) is 2.83. The molecule has 0 aliphatic carbocycles. The van der Waals surface area contributed by atoms with E-state index in [4.69, 9.17) is 17.0 Å². The zero-order valence-electron chi connectivity index (χ0n) is 12.8. The van der Waals surface area contributed by atoms with Crippen molar-refractivity contribution in [1.82, 2.24) is 5.43 Å². The maximum Gasteiger partial charge on any atom is 0.191 e. The first kappa shape index (κ1) is 16.9. The molecule has 0 atom stereocenters. The number of halogens is 1. The summed E-state index contributed by atoms with van der Waals surface area (Å²) in [5.74, 6) is 0.437. The maximum atomic E-state index is 13.1. The van der Waals surface area contributed by atoms with Gasteiger partial charge in [-0.25, -0.2) is 4.39 Å². The zero-order chi connectivity index (χ0) is 16.5. The van der Waals surface area contributed by atoms with Gasteiger partial charge in [0.05, 0.1) is 12.8 Å². The number of hydrogen-bond acceptors (Lipinski definition) is 3. The molecule has 2 aromatic rings. The van der Waals surface area contributed by atoms with Gasteiger partial charge in [0.25, 0.3) is 0 Å². The van der Waals surface area contributed by atoms with Crippen LogP contribution in [0, 0.1) is 5.82 Å². The van der Waals surface area contributed by atoms with E-state index in [1.165, 1.54) is 12.1 Å². The van der Waals surface area contributed by atoms with Gasteiger partial charge in [0.2, 0.25) is 0 Å². The molecule has 0 saturated heterocycles. The van der Waals surface area contributed by atoms with E-state index >= 15 is 0 Å². The van der Waals surface area contributed by atoms with E-state index in [0.717, 1.165) is 17.7 Å². The lowest BCUT2D eigenvalue weighted by Crippen LogP contribution is -2.23. The Morgan fingerprint density at radius 1 is 1.26 bits per heavy atom. The summed E-state index contributed by atoms with van der Waals surface area (Å²) in [5.41, 5.74) is 4.10. The van der Waals surface area contributed by atoms with Crippen molar-refractivity contribution in [1.29, 1.82) is 0 Å². The number of thiocarbonyl (C=S) groups is 1. The normalized spacial score (nSPS) is 10.5. The number of rotatable bonds is 6. The van der Waals surface area contributed by atoms with Gasteiger partial charge in [-0.2, -0.15) is 5.10 Å². The summed E-state index contributed by atoms with van der Waals surface area (Å²) < 4.78 is 18.7. The summed E-state index contributed by atoms with van der Waals surface area (Å²) in [6.45, 7) is 2.70. The molecule has 2 rings (SSSR count). The van der Waals surface area contributed by atoms with Crippen LogP contribution in [0.1, 0.15) is 18.9 Å². The van der Waals surface area contributed by atoms with E-state index in [1.807, 2.05) is 24.3 Å². The highest BCUT2D eigenvalue weighted by molar-refractivity contribution is 7.80. The summed E-state index contributed by atoms with van der Waals surface area (Å²) in [7, 11) is 0. The third-order valence-corrected chi connectivity index (χ3v) is 3.03. The Kier molecular flexibility index (Phi) is 6.50. The number of para-hydroxylation sites is 1. The molecule has 0 aliphatic heterocycles. The van der Waals surface area contributed by atoms with Gasteiger partial charge in [-0.15, -0.1) is 0 Å². The molecule has 2 N–H and O–H groups in total. The second-order valence-corrected chi connectivity index (χ2v) is 5.13. The topological polar surface area (TPSA) is 45.6 Å². The predicted molar refractivity (Wildman–Crippen MR) is 95.6 cm³/mol. The van der Waals surface area contributed by atoms with Crippen molar-refractivity contribution in [2.24, 2.45) is 5.10 Å². The van der Waals surface area contributed by atoms with E-state index in [1.54, 1.807) is 18.3 Å². The molecule has 120 valence electrons. The van der Waals surface area contributed by atoms with E-state index in [2.05, 4.69) is 22.8 Å². The van der Waals surface area contributed by atoms with Gasteiger partial charge in [0.15, 0.2) is 5.11 Å². The summed E-state index contributed by atoms with van der Waals surface area (Å²) in [5, 5.41) is 7.21. The number of nitrogens with one attached hydrogen (secondary N) is 2. The smallest absolute Gasteiger partial charge is 0.191 e. The highest BCUT2D eigenvalue weighted by atomic mass is 32.1. The maximum absolute atomic E-state index is 13.1. The van der Waals surface area contributed by atoms with Crippen LogP contribution in [-0.2, 0) is 0 Å². The lowest BCUT2D eigenvalue weighted by atomic mass is 10.2. The Bertz CT molecular complexity index is 691. The van der Waals surface area contributed by atoms with Gasteiger partial charge in [-0.05, 0) is 49.0 Å². The van der Waals surface area contributed by atoms with Crippen molar-refractivity contribution in [3.05, 3.63) is 59.9 Å². The first-order chi connectivity index (χ1) is 11.2. The fourth-order valence-electron chi connectivity index (χ4n) is 1.82. The molecule has 6 heteroatoms. The Balaban J connectivity index is 1.92. The lowest BCUT2D eigenvalue weighted by molar-refractivity contribution is 0.317. The second kappa shape index (κ2) is 8.85. The minimum absolute atomic E-state index is 0.277. The molecule has 0 aliphatic rings. The van der Waals surface area contributed by atoms with E-state index in [9.17, 15) is 4.39 Å². The van der Waals surface area contributed by atoms with Crippen LogP contribution in [0.5, 0.6) is 5.75 Å². The van der Waals surface area contributed by atoms with E-state index in [-0.39, 0.29) is 10.9 Å². The Morgan fingerprint density at radius 3 is 2.87 bits per heavy atom. The molecule has 0 amide bonds. The molecule has 0 unspecified atom stereocenters. The van der Waals surface area contributed by atoms with Crippen molar-refractivity contribution in [3.8, 4) is 5.75 Å². The van der Waals surface area contributed by atoms with Gasteiger partial charge in [0.1, 0.15) is 11.6 Å². The van der Waals surface area contributed by atoms with Crippen LogP contribution in [0.3, 0.4) is 0 Å². The number of nitrogens with zero attached hydrogens (tertiary/aromatic N) is 1.